The largest absolute Gasteiger partial charge is 0.756 e. The third kappa shape index (κ3) is 52.8. The molecule has 0 heterocycles. The standard InChI is InChI=1S/C58H104NO8P/c1-6-8-10-12-14-16-18-20-22-24-26-27-28-29-30-31-33-34-36-38-40-42-44-46-48-50-57(60)64-54-56(55-66-68(62,63)65-53-52-59(3,4)5)67-58(61)51-49-47-45-43-41-39-37-35-32-25-23-21-19-17-15-13-11-9-7-2/h9,11,15,17,21,23,32,35,39,41,45,47,56H,6-8,10,12-14,16,18-20,22,24-31,33-34,36-38,40,42-44,46,48-55H2,1-5H3/b11-9-,17-15-,23-21-,35-32-,41-39-,47-45-. The second kappa shape index (κ2) is 49.4. The van der Waals surface area contributed by atoms with Crippen LogP contribution in [0, 0.1) is 0 Å². The highest BCUT2D eigenvalue weighted by Gasteiger charge is 2.21. The van der Waals surface area contributed by atoms with Crippen molar-refractivity contribution in [3.63, 3.8) is 0 Å². The molecule has 0 fully saturated rings. The summed E-state index contributed by atoms with van der Waals surface area (Å²) in [5.74, 6) is -0.927. The van der Waals surface area contributed by atoms with Crippen LogP contribution in [0.25, 0.3) is 0 Å². The number of carbonyl (C=O) groups is 2. The van der Waals surface area contributed by atoms with Crippen LogP contribution in [0.4, 0.5) is 0 Å². The Hall–Kier alpha value is -2.55. The first-order valence-corrected chi connectivity index (χ1v) is 29.1. The van der Waals surface area contributed by atoms with Gasteiger partial charge in [-0.2, -0.15) is 0 Å². The Labute approximate surface area is 418 Å². The average molecular weight is 974 g/mol. The summed E-state index contributed by atoms with van der Waals surface area (Å²) in [5.41, 5.74) is 0. The second-order valence-electron chi connectivity index (χ2n) is 19.6. The third-order valence-corrected chi connectivity index (χ3v) is 12.7. The molecule has 394 valence electrons. The molecule has 0 aromatic carbocycles. The number of carbonyl (C=O) groups excluding carboxylic acids is 2. The van der Waals surface area contributed by atoms with E-state index in [0.717, 1.165) is 57.8 Å². The zero-order valence-electron chi connectivity index (χ0n) is 44.5. The van der Waals surface area contributed by atoms with Crippen molar-refractivity contribution < 1.29 is 42.1 Å². The van der Waals surface area contributed by atoms with E-state index >= 15 is 0 Å². The van der Waals surface area contributed by atoms with Crippen LogP contribution in [0.1, 0.15) is 232 Å². The molecule has 0 N–H and O–H groups in total. The van der Waals surface area contributed by atoms with E-state index in [1.54, 1.807) is 0 Å². The molecule has 2 unspecified atom stereocenters. The van der Waals surface area contributed by atoms with Gasteiger partial charge in [0.15, 0.2) is 6.10 Å². The summed E-state index contributed by atoms with van der Waals surface area (Å²) >= 11 is 0. The fourth-order valence-electron chi connectivity index (χ4n) is 7.51. The van der Waals surface area contributed by atoms with Crippen LogP contribution in [-0.4, -0.2) is 70.0 Å². The van der Waals surface area contributed by atoms with E-state index in [1.807, 2.05) is 33.3 Å². The van der Waals surface area contributed by atoms with Gasteiger partial charge in [-0.3, -0.25) is 14.2 Å². The summed E-state index contributed by atoms with van der Waals surface area (Å²) in [4.78, 5) is 37.7. The molecule has 0 aliphatic rings. The van der Waals surface area contributed by atoms with Crippen molar-refractivity contribution in [3.8, 4) is 0 Å². The maximum absolute atomic E-state index is 12.7. The Balaban J connectivity index is 4.24. The number of quaternary nitrogens is 1. The maximum Gasteiger partial charge on any atom is 0.306 e. The molecular weight excluding hydrogens is 870 g/mol. The molecule has 0 radical (unpaired) electrons. The molecule has 0 amide bonds. The van der Waals surface area contributed by atoms with E-state index < -0.39 is 32.5 Å². The molecule has 0 bridgehead atoms. The number of hydrogen-bond acceptors (Lipinski definition) is 8. The summed E-state index contributed by atoms with van der Waals surface area (Å²) in [5, 5.41) is 0. The number of phosphoric ester groups is 1. The van der Waals surface area contributed by atoms with Crippen LogP contribution in [0.15, 0.2) is 72.9 Å². The minimum Gasteiger partial charge on any atom is -0.756 e. The summed E-state index contributed by atoms with van der Waals surface area (Å²) in [7, 11) is 1.12. The van der Waals surface area contributed by atoms with Gasteiger partial charge >= 0.3 is 11.9 Å². The average Bonchev–Trinajstić information content (AvgIpc) is 3.30. The molecule has 0 aliphatic carbocycles. The van der Waals surface area contributed by atoms with Crippen molar-refractivity contribution in [2.24, 2.45) is 0 Å². The van der Waals surface area contributed by atoms with E-state index in [-0.39, 0.29) is 26.1 Å². The molecule has 0 aliphatic heterocycles. The fourth-order valence-corrected chi connectivity index (χ4v) is 8.24. The summed E-state index contributed by atoms with van der Waals surface area (Å²) in [6.07, 6.45) is 64.0. The summed E-state index contributed by atoms with van der Waals surface area (Å²) < 4.78 is 34.0. The zero-order valence-corrected chi connectivity index (χ0v) is 45.4. The highest BCUT2D eigenvalue weighted by molar-refractivity contribution is 7.45. The van der Waals surface area contributed by atoms with E-state index in [0.29, 0.717) is 17.4 Å². The lowest BCUT2D eigenvalue weighted by atomic mass is 10.0. The lowest BCUT2D eigenvalue weighted by Gasteiger charge is -2.28. The molecule has 0 saturated carbocycles. The SMILES string of the molecule is CC/C=C\C/C=C\C/C=C\C/C=C\C/C=C\C/C=C\CCC(=O)OC(COC(=O)CCCCCCCCCCCCCCCCCCCCCCCCCCC)COP(=O)([O-])OCC[N+](C)(C)C. The Morgan fingerprint density at radius 1 is 0.471 bits per heavy atom. The highest BCUT2D eigenvalue weighted by Crippen LogP contribution is 2.38. The molecule has 0 rings (SSSR count). The summed E-state index contributed by atoms with van der Waals surface area (Å²) in [6, 6.07) is 0. The van der Waals surface area contributed by atoms with Crippen molar-refractivity contribution in [2.45, 2.75) is 238 Å². The van der Waals surface area contributed by atoms with Crippen LogP contribution >= 0.6 is 7.82 Å². The van der Waals surface area contributed by atoms with Gasteiger partial charge in [0, 0.05) is 12.8 Å². The van der Waals surface area contributed by atoms with Gasteiger partial charge in [0.2, 0.25) is 0 Å². The third-order valence-electron chi connectivity index (χ3n) is 11.8. The number of nitrogens with zero attached hydrogens (tertiary/aromatic N) is 1. The predicted molar refractivity (Wildman–Crippen MR) is 286 cm³/mol. The molecule has 2 atom stereocenters. The Morgan fingerprint density at radius 2 is 0.838 bits per heavy atom. The lowest BCUT2D eigenvalue weighted by molar-refractivity contribution is -0.870. The molecule has 0 aromatic rings. The van der Waals surface area contributed by atoms with Gasteiger partial charge < -0.3 is 27.9 Å². The van der Waals surface area contributed by atoms with E-state index in [2.05, 4.69) is 74.6 Å². The number of likely N-dealkylation sites (N-methyl/N-ethyl adjacent to an activating group) is 1. The quantitative estimate of drug-likeness (QED) is 0.0195. The number of esters is 2. The van der Waals surface area contributed by atoms with Crippen LogP contribution in [-0.2, 0) is 32.7 Å². The Kier molecular flexibility index (Phi) is 47.6. The first kappa shape index (κ1) is 65.5. The van der Waals surface area contributed by atoms with E-state index in [1.165, 1.54) is 141 Å². The van der Waals surface area contributed by atoms with Gasteiger partial charge in [-0.25, -0.2) is 0 Å². The molecule has 0 saturated heterocycles. The van der Waals surface area contributed by atoms with Gasteiger partial charge in [-0.05, 0) is 51.4 Å². The van der Waals surface area contributed by atoms with E-state index in [4.69, 9.17) is 18.5 Å². The zero-order chi connectivity index (χ0) is 49.9. The molecule has 0 spiro atoms. The van der Waals surface area contributed by atoms with Crippen molar-refractivity contribution in [2.75, 3.05) is 47.5 Å². The monoisotopic (exact) mass is 974 g/mol. The fraction of sp³-hybridized carbons (Fsp3) is 0.759. The molecule has 0 aromatic heterocycles. The van der Waals surface area contributed by atoms with Crippen molar-refractivity contribution in [1.29, 1.82) is 0 Å². The number of unbranched alkanes of at least 4 members (excludes halogenated alkanes) is 24. The van der Waals surface area contributed by atoms with Crippen molar-refractivity contribution in [3.05, 3.63) is 72.9 Å². The first-order valence-electron chi connectivity index (χ1n) is 27.6. The van der Waals surface area contributed by atoms with Gasteiger partial charge in [0.05, 0.1) is 27.7 Å². The van der Waals surface area contributed by atoms with E-state index in [9.17, 15) is 19.0 Å². The second-order valence-corrected chi connectivity index (χ2v) is 21.0. The van der Waals surface area contributed by atoms with Crippen molar-refractivity contribution >= 4 is 19.8 Å². The Morgan fingerprint density at radius 3 is 1.22 bits per heavy atom. The van der Waals surface area contributed by atoms with Crippen LogP contribution in [0.5, 0.6) is 0 Å². The minimum atomic E-state index is -4.66. The normalized spacial score (nSPS) is 13.9. The van der Waals surface area contributed by atoms with Gasteiger partial charge in [-0.1, -0.05) is 241 Å². The number of hydrogen-bond donors (Lipinski definition) is 0. The van der Waals surface area contributed by atoms with Crippen LogP contribution < -0.4 is 4.89 Å². The van der Waals surface area contributed by atoms with Gasteiger partial charge in [0.25, 0.3) is 7.82 Å². The maximum atomic E-state index is 12.7. The molecule has 68 heavy (non-hydrogen) atoms. The molecule has 10 heteroatoms. The number of ether oxygens (including phenoxy) is 2. The lowest BCUT2D eigenvalue weighted by Crippen LogP contribution is -2.37. The number of rotatable bonds is 50. The molecule has 9 nitrogen and oxygen atoms in total. The summed E-state index contributed by atoms with van der Waals surface area (Å²) in [6.45, 7) is 4.06. The minimum absolute atomic E-state index is 0.0463. The topological polar surface area (TPSA) is 111 Å². The van der Waals surface area contributed by atoms with Gasteiger partial charge in [0.1, 0.15) is 19.8 Å². The van der Waals surface area contributed by atoms with Crippen LogP contribution in [0.2, 0.25) is 0 Å². The highest BCUT2D eigenvalue weighted by atomic mass is 31.2. The number of allylic oxidation sites excluding steroid dienone is 12. The smallest absolute Gasteiger partial charge is 0.306 e. The Bertz CT molecular complexity index is 1380. The number of phosphoric acid groups is 1. The van der Waals surface area contributed by atoms with Gasteiger partial charge in [-0.15, -0.1) is 0 Å². The van der Waals surface area contributed by atoms with Crippen molar-refractivity contribution in [1.82, 2.24) is 0 Å². The molecular formula is C58H104NO8P. The van der Waals surface area contributed by atoms with Crippen LogP contribution in [0.3, 0.4) is 0 Å². The first-order chi connectivity index (χ1) is 33.0. The predicted octanol–water partition coefficient (Wildman–Crippen LogP) is 16.3.